The number of thiophene rings is 1. The fourth-order valence-corrected chi connectivity index (χ4v) is 4.80. The minimum absolute atomic E-state index is 0.0182. The van der Waals surface area contributed by atoms with Gasteiger partial charge in [-0.25, -0.2) is 0 Å². The molecule has 0 bridgehead atoms. The lowest BCUT2D eigenvalue weighted by Gasteiger charge is -2.42. The van der Waals surface area contributed by atoms with Crippen LogP contribution < -0.4 is 9.84 Å². The number of hydrogen-bond donors (Lipinski definition) is 0. The molecule has 0 saturated heterocycles. The molecule has 0 unspecified atom stereocenters. The maximum atomic E-state index is 10.7. The number of ether oxygens (including phenoxy) is 1. The Labute approximate surface area is 165 Å². The molecule has 0 aliphatic carbocycles. The van der Waals surface area contributed by atoms with Gasteiger partial charge in [-0.05, 0) is 61.9 Å². The number of carbonyl (C=O) groups is 1. The fraction of sp³-hybridized carbons (Fsp3) is 0.435. The summed E-state index contributed by atoms with van der Waals surface area (Å²) in [6.07, 6.45) is 1.76. The Balaban J connectivity index is 1.98. The van der Waals surface area contributed by atoms with Crippen LogP contribution >= 0.6 is 11.3 Å². The molecule has 0 radical (unpaired) electrons. The average molecular weight is 382 g/mol. The number of benzene rings is 1. The molecular formula is C23H25O3S-. The van der Waals surface area contributed by atoms with Crippen molar-refractivity contribution in [2.24, 2.45) is 0 Å². The molecule has 0 amide bonds. The molecule has 1 aromatic heterocycles. The van der Waals surface area contributed by atoms with Crippen molar-refractivity contribution >= 4 is 17.3 Å². The summed E-state index contributed by atoms with van der Waals surface area (Å²) in [7, 11) is 0. The summed E-state index contributed by atoms with van der Waals surface area (Å²) in [6.45, 7) is 10.9. The predicted octanol–water partition coefficient (Wildman–Crippen LogP) is 3.84. The lowest BCUT2D eigenvalue weighted by atomic mass is 9.73. The molecule has 0 atom stereocenters. The summed E-state index contributed by atoms with van der Waals surface area (Å²) >= 11 is 1.40. The molecule has 0 saturated carbocycles. The van der Waals surface area contributed by atoms with E-state index in [1.165, 1.54) is 22.5 Å². The highest BCUT2D eigenvalue weighted by molar-refractivity contribution is 7.12. The molecule has 1 aliphatic rings. The van der Waals surface area contributed by atoms with Gasteiger partial charge in [-0.3, -0.25) is 0 Å². The zero-order valence-corrected chi connectivity index (χ0v) is 17.4. The highest BCUT2D eigenvalue weighted by Crippen LogP contribution is 2.45. The van der Waals surface area contributed by atoms with Gasteiger partial charge in [0.1, 0.15) is 11.4 Å². The van der Waals surface area contributed by atoms with Crippen molar-refractivity contribution in [3.05, 3.63) is 50.7 Å². The van der Waals surface area contributed by atoms with E-state index in [1.54, 1.807) is 6.07 Å². The molecule has 142 valence electrons. The van der Waals surface area contributed by atoms with Gasteiger partial charge in [-0.15, -0.1) is 11.3 Å². The summed E-state index contributed by atoms with van der Waals surface area (Å²) in [5, 5.41) is 10.7. The Hall–Kier alpha value is -2.25. The van der Waals surface area contributed by atoms with E-state index in [0.717, 1.165) is 33.9 Å². The number of carboxylic acid groups (broad SMARTS) is 1. The second-order valence-corrected chi connectivity index (χ2v) is 9.51. The van der Waals surface area contributed by atoms with Crippen LogP contribution in [0.3, 0.4) is 0 Å². The third kappa shape index (κ3) is 4.36. The minimum atomic E-state index is -1.07. The zero-order chi connectivity index (χ0) is 19.8. The Morgan fingerprint density at radius 3 is 2.63 bits per heavy atom. The average Bonchev–Trinajstić information content (AvgIpc) is 2.97. The van der Waals surface area contributed by atoms with Gasteiger partial charge in [0.2, 0.25) is 0 Å². The summed E-state index contributed by atoms with van der Waals surface area (Å²) < 4.78 is 6.25. The summed E-state index contributed by atoms with van der Waals surface area (Å²) in [5.74, 6) is 6.39. The van der Waals surface area contributed by atoms with Crippen molar-refractivity contribution in [1.82, 2.24) is 0 Å². The van der Waals surface area contributed by atoms with Gasteiger partial charge in [0.05, 0.1) is 4.88 Å². The molecule has 3 rings (SSSR count). The van der Waals surface area contributed by atoms with Gasteiger partial charge in [-0.2, -0.15) is 0 Å². The number of aliphatic carboxylic acids is 1. The van der Waals surface area contributed by atoms with Crippen molar-refractivity contribution in [1.29, 1.82) is 0 Å². The Bertz CT molecular complexity index is 938. The first-order chi connectivity index (χ1) is 12.6. The molecule has 0 N–H and O–H groups in total. The lowest BCUT2D eigenvalue weighted by molar-refractivity contribution is -0.304. The second kappa shape index (κ2) is 7.05. The molecule has 0 spiro atoms. The number of fused-ring (bicyclic) bond motifs is 1. The van der Waals surface area contributed by atoms with Crippen LogP contribution in [-0.4, -0.2) is 11.6 Å². The van der Waals surface area contributed by atoms with Crippen LogP contribution in [0.15, 0.2) is 24.3 Å². The van der Waals surface area contributed by atoms with Crippen molar-refractivity contribution in [2.75, 3.05) is 0 Å². The van der Waals surface area contributed by atoms with Crippen LogP contribution in [0, 0.1) is 11.8 Å². The Morgan fingerprint density at radius 1 is 1.22 bits per heavy atom. The van der Waals surface area contributed by atoms with E-state index in [1.807, 2.05) is 6.07 Å². The highest BCUT2D eigenvalue weighted by Gasteiger charge is 2.39. The first-order valence-corrected chi connectivity index (χ1v) is 10.1. The maximum Gasteiger partial charge on any atom is 0.124 e. The number of carbonyl (C=O) groups excluding carboxylic acids is 1. The van der Waals surface area contributed by atoms with Crippen LogP contribution in [-0.2, 0) is 23.1 Å². The predicted molar refractivity (Wildman–Crippen MR) is 107 cm³/mol. The normalized spacial score (nSPS) is 16.6. The molecular weight excluding hydrogens is 356 g/mol. The zero-order valence-electron chi connectivity index (χ0n) is 16.6. The molecule has 2 heterocycles. The van der Waals surface area contributed by atoms with Crippen molar-refractivity contribution in [3.63, 3.8) is 0 Å². The topological polar surface area (TPSA) is 49.4 Å². The van der Waals surface area contributed by atoms with E-state index >= 15 is 0 Å². The summed E-state index contributed by atoms with van der Waals surface area (Å²) in [5.41, 5.74) is 3.22. The van der Waals surface area contributed by atoms with Gasteiger partial charge >= 0.3 is 0 Å². The monoisotopic (exact) mass is 381 g/mol. The SMILES string of the molecule is CCc1cc2c(cc1C#Cc1ccc(CC(=O)[O-])s1)C(C)(C)CC(C)(C)O2. The largest absolute Gasteiger partial charge is 0.550 e. The first-order valence-electron chi connectivity index (χ1n) is 9.27. The lowest BCUT2D eigenvalue weighted by Crippen LogP contribution is -2.41. The molecule has 4 heteroatoms. The van der Waals surface area contributed by atoms with Crippen molar-refractivity contribution < 1.29 is 14.6 Å². The molecule has 27 heavy (non-hydrogen) atoms. The summed E-state index contributed by atoms with van der Waals surface area (Å²) in [6, 6.07) is 7.98. The third-order valence-corrected chi connectivity index (χ3v) is 5.87. The fourth-order valence-electron chi connectivity index (χ4n) is 3.95. The number of carboxylic acids is 1. The van der Waals surface area contributed by atoms with Gasteiger partial charge < -0.3 is 14.6 Å². The van der Waals surface area contributed by atoms with Gasteiger partial charge in [0.15, 0.2) is 0 Å². The quantitative estimate of drug-likeness (QED) is 0.759. The van der Waals surface area contributed by atoms with E-state index in [0.29, 0.717) is 0 Å². The van der Waals surface area contributed by atoms with Crippen LogP contribution in [0.4, 0.5) is 0 Å². The Kier molecular flexibility index (Phi) is 5.10. The minimum Gasteiger partial charge on any atom is -0.550 e. The van der Waals surface area contributed by atoms with E-state index < -0.39 is 5.97 Å². The molecule has 2 aromatic rings. The van der Waals surface area contributed by atoms with Gasteiger partial charge in [0.25, 0.3) is 0 Å². The number of hydrogen-bond acceptors (Lipinski definition) is 4. The second-order valence-electron chi connectivity index (χ2n) is 8.35. The Morgan fingerprint density at radius 2 is 1.96 bits per heavy atom. The van der Waals surface area contributed by atoms with Gasteiger partial charge in [0, 0.05) is 28.4 Å². The third-order valence-electron chi connectivity index (χ3n) is 4.87. The summed E-state index contributed by atoms with van der Waals surface area (Å²) in [4.78, 5) is 12.4. The number of rotatable bonds is 3. The van der Waals surface area contributed by atoms with Crippen LogP contribution in [0.2, 0.25) is 0 Å². The molecule has 1 aromatic carbocycles. The van der Waals surface area contributed by atoms with E-state index in [2.05, 4.69) is 58.6 Å². The standard InChI is InChI=1S/C23H26O3S/c1-6-15-12-20-19(22(2,3)14-23(4,5)26-20)11-16(15)7-8-17-9-10-18(27-17)13-21(24)25/h9-12H,6,13-14H2,1-5H3,(H,24,25)/p-1. The first kappa shape index (κ1) is 19.5. The van der Waals surface area contributed by atoms with Crippen LogP contribution in [0.25, 0.3) is 0 Å². The maximum absolute atomic E-state index is 10.7. The molecule has 3 nitrogen and oxygen atoms in total. The molecule has 1 aliphatic heterocycles. The van der Waals surface area contributed by atoms with E-state index in [4.69, 9.17) is 4.74 Å². The van der Waals surface area contributed by atoms with E-state index in [9.17, 15) is 9.90 Å². The molecule has 0 fully saturated rings. The highest BCUT2D eigenvalue weighted by atomic mass is 32.1. The van der Waals surface area contributed by atoms with Crippen molar-refractivity contribution in [3.8, 4) is 17.6 Å². The number of aryl methyl sites for hydroxylation is 1. The van der Waals surface area contributed by atoms with E-state index in [-0.39, 0.29) is 17.4 Å². The van der Waals surface area contributed by atoms with Crippen molar-refractivity contribution in [2.45, 2.75) is 64.9 Å². The van der Waals surface area contributed by atoms with Crippen LogP contribution in [0.5, 0.6) is 5.75 Å². The smallest absolute Gasteiger partial charge is 0.124 e. The van der Waals surface area contributed by atoms with Gasteiger partial charge in [-0.1, -0.05) is 32.6 Å². The van der Waals surface area contributed by atoms with Crippen LogP contribution in [0.1, 0.15) is 67.5 Å².